The molecule has 0 fully saturated rings. The molecule has 10 heavy (non-hydrogen) atoms. The first-order valence-electron chi connectivity index (χ1n) is 3.22. The highest BCUT2D eigenvalue weighted by atomic mass is 35.5. The molecule has 0 aliphatic heterocycles. The molecular weight excluding hydrogens is 150 g/mol. The van der Waals surface area contributed by atoms with Gasteiger partial charge in [-0.1, -0.05) is 18.2 Å². The van der Waals surface area contributed by atoms with Crippen molar-refractivity contribution in [1.82, 2.24) is 4.90 Å². The molecule has 3 heteroatoms. The highest BCUT2D eigenvalue weighted by molar-refractivity contribution is 6.29. The van der Waals surface area contributed by atoms with E-state index in [9.17, 15) is 0 Å². The van der Waals surface area contributed by atoms with Crippen LogP contribution in [0, 0.1) is 0 Å². The molecule has 1 N–H and O–H groups in total. The molecular formula is C7H14ClNO. The van der Waals surface area contributed by atoms with E-state index >= 15 is 0 Å². The van der Waals surface area contributed by atoms with E-state index in [-0.39, 0.29) is 6.10 Å². The Morgan fingerprint density at radius 3 is 2.60 bits per heavy atom. The number of halogens is 1. The van der Waals surface area contributed by atoms with Crippen LogP contribution in [0.5, 0.6) is 0 Å². The van der Waals surface area contributed by atoms with Gasteiger partial charge in [-0.3, -0.25) is 4.90 Å². The summed E-state index contributed by atoms with van der Waals surface area (Å²) in [6.07, 6.45) is -0.305. The lowest BCUT2D eigenvalue weighted by atomic mass is 10.4. The summed E-state index contributed by atoms with van der Waals surface area (Å²) in [4.78, 5) is 1.92. The van der Waals surface area contributed by atoms with Gasteiger partial charge >= 0.3 is 0 Å². The first-order chi connectivity index (χ1) is 4.52. The van der Waals surface area contributed by atoms with Crippen molar-refractivity contribution in [2.75, 3.05) is 20.1 Å². The number of aliphatic hydroxyl groups is 1. The van der Waals surface area contributed by atoms with Crippen LogP contribution in [0.4, 0.5) is 0 Å². The van der Waals surface area contributed by atoms with Gasteiger partial charge in [-0.15, -0.1) is 0 Å². The maximum atomic E-state index is 8.92. The monoisotopic (exact) mass is 163 g/mol. The van der Waals surface area contributed by atoms with Gasteiger partial charge in [-0.25, -0.2) is 0 Å². The Hall–Kier alpha value is -0.0500. The predicted octanol–water partition coefficient (Wildman–Crippen LogP) is 1.05. The van der Waals surface area contributed by atoms with Crippen molar-refractivity contribution in [2.24, 2.45) is 0 Å². The molecule has 2 nitrogen and oxygen atoms in total. The lowest BCUT2D eigenvalue weighted by molar-refractivity contribution is 0.147. The van der Waals surface area contributed by atoms with Gasteiger partial charge in [0, 0.05) is 18.1 Å². The Morgan fingerprint density at radius 1 is 1.80 bits per heavy atom. The molecule has 0 heterocycles. The number of likely N-dealkylation sites (N-methyl/N-ethyl adjacent to an activating group) is 1. The van der Waals surface area contributed by atoms with Gasteiger partial charge in [-0.2, -0.15) is 0 Å². The molecule has 0 bridgehead atoms. The maximum Gasteiger partial charge on any atom is 0.0639 e. The van der Waals surface area contributed by atoms with Crippen LogP contribution < -0.4 is 0 Å². The van der Waals surface area contributed by atoms with Crippen LogP contribution in [-0.4, -0.2) is 36.2 Å². The smallest absolute Gasteiger partial charge is 0.0639 e. The van der Waals surface area contributed by atoms with Gasteiger partial charge in [0.05, 0.1) is 6.10 Å². The Bertz CT molecular complexity index is 114. The zero-order chi connectivity index (χ0) is 8.15. The second-order valence-electron chi connectivity index (χ2n) is 2.56. The van der Waals surface area contributed by atoms with Crippen LogP contribution in [0.25, 0.3) is 0 Å². The minimum atomic E-state index is -0.305. The van der Waals surface area contributed by atoms with Gasteiger partial charge in [0.25, 0.3) is 0 Å². The Balaban J connectivity index is 3.43. The molecule has 60 valence electrons. The van der Waals surface area contributed by atoms with E-state index in [0.717, 1.165) is 0 Å². The number of hydrogen-bond acceptors (Lipinski definition) is 2. The summed E-state index contributed by atoms with van der Waals surface area (Å²) in [7, 11) is 1.89. The number of hydrogen-bond donors (Lipinski definition) is 1. The van der Waals surface area contributed by atoms with Crippen molar-refractivity contribution in [2.45, 2.75) is 13.0 Å². The molecule has 0 rings (SSSR count). The zero-order valence-corrected chi connectivity index (χ0v) is 7.23. The van der Waals surface area contributed by atoms with Crippen molar-refractivity contribution in [1.29, 1.82) is 0 Å². The Kier molecular flexibility index (Phi) is 4.69. The summed E-state index contributed by atoms with van der Waals surface area (Å²) >= 11 is 5.54. The highest BCUT2D eigenvalue weighted by Gasteiger charge is 2.02. The summed E-state index contributed by atoms with van der Waals surface area (Å²) in [5.41, 5.74) is 0. The zero-order valence-electron chi connectivity index (χ0n) is 6.47. The molecule has 1 atom stereocenters. The van der Waals surface area contributed by atoms with E-state index in [0.29, 0.717) is 18.1 Å². The third-order valence-corrected chi connectivity index (χ3v) is 1.14. The summed E-state index contributed by atoms with van der Waals surface area (Å²) in [6, 6.07) is 0. The fourth-order valence-corrected chi connectivity index (χ4v) is 1.01. The molecule has 0 saturated carbocycles. The standard InChI is InChI=1S/C7H14ClNO/c1-6(8)4-9(3)5-7(2)10/h7,10H,1,4-5H2,2-3H3. The van der Waals surface area contributed by atoms with Crippen molar-refractivity contribution >= 4 is 11.6 Å². The second-order valence-corrected chi connectivity index (χ2v) is 3.10. The van der Waals surface area contributed by atoms with Crippen LogP contribution >= 0.6 is 11.6 Å². The van der Waals surface area contributed by atoms with Gasteiger partial charge < -0.3 is 5.11 Å². The number of rotatable bonds is 4. The second kappa shape index (κ2) is 4.72. The molecule has 0 saturated heterocycles. The van der Waals surface area contributed by atoms with Crippen molar-refractivity contribution in [3.63, 3.8) is 0 Å². The van der Waals surface area contributed by atoms with Crippen LogP contribution in [-0.2, 0) is 0 Å². The van der Waals surface area contributed by atoms with Crippen LogP contribution in [0.15, 0.2) is 11.6 Å². The molecule has 0 spiro atoms. The number of aliphatic hydroxyl groups excluding tert-OH is 1. The SMILES string of the molecule is C=C(Cl)CN(C)CC(C)O. The van der Waals surface area contributed by atoms with E-state index < -0.39 is 0 Å². The first-order valence-corrected chi connectivity index (χ1v) is 3.60. The average Bonchev–Trinajstić information content (AvgIpc) is 1.58. The van der Waals surface area contributed by atoms with E-state index in [1.54, 1.807) is 6.92 Å². The highest BCUT2D eigenvalue weighted by Crippen LogP contribution is 1.99. The molecule has 1 unspecified atom stereocenters. The molecule has 0 amide bonds. The molecule has 0 aliphatic rings. The Morgan fingerprint density at radius 2 is 2.30 bits per heavy atom. The fraction of sp³-hybridized carbons (Fsp3) is 0.714. The van der Waals surface area contributed by atoms with Crippen LogP contribution in [0.2, 0.25) is 0 Å². The van der Waals surface area contributed by atoms with Crippen molar-refractivity contribution < 1.29 is 5.11 Å². The summed E-state index contributed by atoms with van der Waals surface area (Å²) in [5.74, 6) is 0. The van der Waals surface area contributed by atoms with E-state index in [2.05, 4.69) is 6.58 Å². The van der Waals surface area contributed by atoms with E-state index in [1.165, 1.54) is 0 Å². The lowest BCUT2D eigenvalue weighted by Crippen LogP contribution is -2.28. The van der Waals surface area contributed by atoms with Crippen LogP contribution in [0.1, 0.15) is 6.92 Å². The minimum Gasteiger partial charge on any atom is -0.392 e. The van der Waals surface area contributed by atoms with Crippen LogP contribution in [0.3, 0.4) is 0 Å². The largest absolute Gasteiger partial charge is 0.392 e. The van der Waals surface area contributed by atoms with Gasteiger partial charge in [0.2, 0.25) is 0 Å². The summed E-state index contributed by atoms with van der Waals surface area (Å²) < 4.78 is 0. The van der Waals surface area contributed by atoms with Gasteiger partial charge in [0.1, 0.15) is 0 Å². The minimum absolute atomic E-state index is 0.305. The fourth-order valence-electron chi connectivity index (χ4n) is 0.808. The molecule has 0 aromatic heterocycles. The molecule has 0 radical (unpaired) electrons. The van der Waals surface area contributed by atoms with Crippen molar-refractivity contribution in [3.05, 3.63) is 11.6 Å². The maximum absolute atomic E-state index is 8.92. The first kappa shape index (κ1) is 9.95. The molecule has 0 aromatic carbocycles. The third kappa shape index (κ3) is 6.08. The Labute approximate surface area is 67.1 Å². The molecule has 0 aliphatic carbocycles. The predicted molar refractivity (Wildman–Crippen MR) is 44.2 cm³/mol. The average molecular weight is 164 g/mol. The summed E-state index contributed by atoms with van der Waals surface area (Å²) in [5, 5.41) is 9.52. The topological polar surface area (TPSA) is 23.5 Å². The van der Waals surface area contributed by atoms with E-state index in [4.69, 9.17) is 16.7 Å². The van der Waals surface area contributed by atoms with E-state index in [1.807, 2.05) is 11.9 Å². The molecule has 0 aromatic rings. The van der Waals surface area contributed by atoms with Crippen molar-refractivity contribution in [3.8, 4) is 0 Å². The third-order valence-electron chi connectivity index (χ3n) is 1.02. The van der Waals surface area contributed by atoms with Gasteiger partial charge in [-0.05, 0) is 14.0 Å². The summed E-state index contributed by atoms with van der Waals surface area (Å²) in [6.45, 7) is 6.55. The van der Waals surface area contributed by atoms with Gasteiger partial charge in [0.15, 0.2) is 0 Å². The lowest BCUT2D eigenvalue weighted by Gasteiger charge is -2.16. The number of nitrogens with zero attached hydrogens (tertiary/aromatic N) is 1. The quantitative estimate of drug-likeness (QED) is 0.670. The normalized spacial score (nSPS) is 13.7.